The highest BCUT2D eigenvalue weighted by molar-refractivity contribution is 7.99. The quantitative estimate of drug-likeness (QED) is 0.810. The molecule has 0 amide bonds. The second-order valence-corrected chi connectivity index (χ2v) is 5.91. The van der Waals surface area contributed by atoms with Gasteiger partial charge in [-0.15, -0.1) is 10.2 Å². The third kappa shape index (κ3) is 3.45. The number of thioether (sulfide) groups is 1. The summed E-state index contributed by atoms with van der Waals surface area (Å²) >= 11 is 1.17. The lowest BCUT2D eigenvalue weighted by atomic mass is 10.2. The number of aliphatic carboxylic acids is 1. The zero-order valence-electron chi connectivity index (χ0n) is 11.9. The van der Waals surface area contributed by atoms with E-state index in [9.17, 15) is 4.79 Å². The number of rotatable bonds is 6. The molecule has 3 rings (SSSR count). The molecule has 3 heterocycles. The smallest absolute Gasteiger partial charge is 0.313 e. The van der Waals surface area contributed by atoms with Gasteiger partial charge < -0.3 is 9.84 Å². The monoisotopic (exact) mass is 320 g/mol. The van der Waals surface area contributed by atoms with Crippen LogP contribution in [0.3, 0.4) is 0 Å². The van der Waals surface area contributed by atoms with Crippen LogP contribution in [0.25, 0.3) is 11.4 Å². The highest BCUT2D eigenvalue weighted by Crippen LogP contribution is 2.26. The number of nitrogens with zero attached hydrogens (tertiary/aromatic N) is 4. The molecule has 1 aliphatic heterocycles. The van der Waals surface area contributed by atoms with E-state index in [1.165, 1.54) is 11.8 Å². The Morgan fingerprint density at radius 1 is 1.41 bits per heavy atom. The van der Waals surface area contributed by atoms with Gasteiger partial charge >= 0.3 is 5.97 Å². The summed E-state index contributed by atoms with van der Waals surface area (Å²) in [6.07, 6.45) is 5.57. The molecule has 0 spiro atoms. The van der Waals surface area contributed by atoms with E-state index in [4.69, 9.17) is 9.84 Å². The van der Waals surface area contributed by atoms with Crippen molar-refractivity contribution in [2.24, 2.45) is 0 Å². The molecule has 0 aliphatic carbocycles. The fraction of sp³-hybridized carbons (Fsp3) is 0.429. The highest BCUT2D eigenvalue weighted by atomic mass is 32.2. The van der Waals surface area contributed by atoms with Crippen LogP contribution in [0.15, 0.2) is 29.7 Å². The summed E-state index contributed by atoms with van der Waals surface area (Å²) in [5, 5.41) is 17.8. The first-order valence-corrected chi connectivity index (χ1v) is 8.02. The minimum Gasteiger partial charge on any atom is -0.481 e. The van der Waals surface area contributed by atoms with Gasteiger partial charge in [-0.2, -0.15) is 0 Å². The number of pyridine rings is 1. The normalized spacial score (nSPS) is 17.7. The van der Waals surface area contributed by atoms with E-state index in [1.54, 1.807) is 12.4 Å². The lowest BCUT2D eigenvalue weighted by Gasteiger charge is -2.14. The molecule has 7 nitrogen and oxygen atoms in total. The molecular weight excluding hydrogens is 304 g/mol. The van der Waals surface area contributed by atoms with E-state index in [2.05, 4.69) is 15.2 Å². The first-order valence-electron chi connectivity index (χ1n) is 7.04. The van der Waals surface area contributed by atoms with Gasteiger partial charge in [-0.25, -0.2) is 0 Å². The van der Waals surface area contributed by atoms with E-state index in [-0.39, 0.29) is 11.9 Å². The van der Waals surface area contributed by atoms with Gasteiger partial charge in [0.05, 0.1) is 18.4 Å². The summed E-state index contributed by atoms with van der Waals surface area (Å²) < 4.78 is 7.63. The van der Waals surface area contributed by atoms with Crippen molar-refractivity contribution in [3.05, 3.63) is 24.5 Å². The van der Waals surface area contributed by atoms with Crippen LogP contribution in [0.4, 0.5) is 0 Å². The molecule has 1 aliphatic rings. The second-order valence-electron chi connectivity index (χ2n) is 4.97. The first kappa shape index (κ1) is 15.0. The molecule has 22 heavy (non-hydrogen) atoms. The van der Waals surface area contributed by atoms with Crippen LogP contribution in [0.5, 0.6) is 0 Å². The van der Waals surface area contributed by atoms with E-state index >= 15 is 0 Å². The Morgan fingerprint density at radius 2 is 2.23 bits per heavy atom. The third-order valence-corrected chi connectivity index (χ3v) is 4.34. The zero-order chi connectivity index (χ0) is 15.4. The lowest BCUT2D eigenvalue weighted by Crippen LogP contribution is -2.17. The molecule has 2 aromatic rings. The molecule has 116 valence electrons. The predicted octanol–water partition coefficient (Wildman–Crippen LogP) is 1.70. The van der Waals surface area contributed by atoms with Gasteiger partial charge in [0.2, 0.25) is 0 Å². The average Bonchev–Trinajstić information content (AvgIpc) is 3.16. The van der Waals surface area contributed by atoms with Crippen molar-refractivity contribution in [1.82, 2.24) is 19.7 Å². The van der Waals surface area contributed by atoms with Crippen LogP contribution < -0.4 is 0 Å². The Morgan fingerprint density at radius 3 is 2.91 bits per heavy atom. The van der Waals surface area contributed by atoms with Gasteiger partial charge in [0, 0.05) is 24.6 Å². The number of hydrogen-bond acceptors (Lipinski definition) is 6. The molecule has 1 saturated heterocycles. The largest absolute Gasteiger partial charge is 0.481 e. The summed E-state index contributed by atoms with van der Waals surface area (Å²) in [4.78, 5) is 14.8. The molecule has 0 radical (unpaired) electrons. The Bertz CT molecular complexity index is 641. The number of carboxylic acids is 1. The molecule has 1 N–H and O–H groups in total. The van der Waals surface area contributed by atoms with Crippen molar-refractivity contribution in [3.63, 3.8) is 0 Å². The summed E-state index contributed by atoms with van der Waals surface area (Å²) in [7, 11) is 0. The van der Waals surface area contributed by atoms with Crippen LogP contribution in [0.1, 0.15) is 12.8 Å². The maximum Gasteiger partial charge on any atom is 0.313 e. The maximum atomic E-state index is 10.8. The Balaban J connectivity index is 1.89. The van der Waals surface area contributed by atoms with Gasteiger partial charge in [0.15, 0.2) is 11.0 Å². The lowest BCUT2D eigenvalue weighted by molar-refractivity contribution is -0.133. The second kappa shape index (κ2) is 6.89. The Kier molecular flexibility index (Phi) is 4.69. The SMILES string of the molecule is O=C(O)CSc1nnc(-c2ccncc2)n1C[C@H]1CCCO1. The first-order chi connectivity index (χ1) is 10.7. The van der Waals surface area contributed by atoms with E-state index in [0.717, 1.165) is 25.0 Å². The van der Waals surface area contributed by atoms with E-state index in [1.807, 2.05) is 16.7 Å². The van der Waals surface area contributed by atoms with Crippen molar-refractivity contribution >= 4 is 17.7 Å². The minimum absolute atomic E-state index is 0.0417. The van der Waals surface area contributed by atoms with E-state index in [0.29, 0.717) is 17.5 Å². The standard InChI is InChI=1S/C14H16N4O3S/c19-12(20)9-22-14-17-16-13(10-3-5-15-6-4-10)18(14)8-11-2-1-7-21-11/h3-6,11H,1-2,7-9H2,(H,19,20)/t11-/m1/s1. The molecule has 0 bridgehead atoms. The highest BCUT2D eigenvalue weighted by Gasteiger charge is 2.22. The molecule has 1 atom stereocenters. The molecule has 8 heteroatoms. The Labute approximate surface area is 131 Å². The zero-order valence-corrected chi connectivity index (χ0v) is 12.7. The number of carboxylic acid groups (broad SMARTS) is 1. The minimum atomic E-state index is -0.873. The van der Waals surface area contributed by atoms with Crippen LogP contribution in [0.2, 0.25) is 0 Å². The maximum absolute atomic E-state index is 10.8. The van der Waals surface area contributed by atoms with Crippen LogP contribution in [-0.4, -0.2) is 49.3 Å². The van der Waals surface area contributed by atoms with Crippen molar-refractivity contribution < 1.29 is 14.6 Å². The van der Waals surface area contributed by atoms with Gasteiger partial charge in [-0.1, -0.05) is 11.8 Å². The molecule has 0 aromatic carbocycles. The van der Waals surface area contributed by atoms with E-state index < -0.39 is 5.97 Å². The molecule has 1 fully saturated rings. The van der Waals surface area contributed by atoms with Gasteiger partial charge in [-0.05, 0) is 25.0 Å². The van der Waals surface area contributed by atoms with Crippen molar-refractivity contribution in [1.29, 1.82) is 0 Å². The number of ether oxygens (including phenoxy) is 1. The van der Waals surface area contributed by atoms with Crippen molar-refractivity contribution in [2.75, 3.05) is 12.4 Å². The fourth-order valence-corrected chi connectivity index (χ4v) is 3.06. The summed E-state index contributed by atoms with van der Waals surface area (Å²) in [5.74, 6) is -0.201. The summed E-state index contributed by atoms with van der Waals surface area (Å²) in [6, 6.07) is 3.73. The number of carbonyl (C=O) groups is 1. The molecule has 0 unspecified atom stereocenters. The molecule has 0 saturated carbocycles. The van der Waals surface area contributed by atoms with Gasteiger partial charge in [0.1, 0.15) is 0 Å². The van der Waals surface area contributed by atoms with Crippen LogP contribution >= 0.6 is 11.8 Å². The summed E-state index contributed by atoms with van der Waals surface area (Å²) in [6.45, 7) is 1.40. The third-order valence-electron chi connectivity index (χ3n) is 3.39. The van der Waals surface area contributed by atoms with Crippen molar-refractivity contribution in [3.8, 4) is 11.4 Å². The Hall–Kier alpha value is -1.93. The molecule has 2 aromatic heterocycles. The number of aromatic nitrogens is 4. The fourth-order valence-electron chi connectivity index (χ4n) is 2.39. The van der Waals surface area contributed by atoms with Crippen LogP contribution in [0, 0.1) is 0 Å². The topological polar surface area (TPSA) is 90.1 Å². The van der Waals surface area contributed by atoms with Gasteiger partial charge in [0.25, 0.3) is 0 Å². The summed E-state index contributed by atoms with van der Waals surface area (Å²) in [5.41, 5.74) is 0.905. The average molecular weight is 320 g/mol. The number of hydrogen-bond donors (Lipinski definition) is 1. The molecular formula is C14H16N4O3S. The van der Waals surface area contributed by atoms with Crippen LogP contribution in [-0.2, 0) is 16.1 Å². The predicted molar refractivity (Wildman–Crippen MR) is 80.6 cm³/mol. The van der Waals surface area contributed by atoms with Gasteiger partial charge in [-0.3, -0.25) is 14.3 Å². The van der Waals surface area contributed by atoms with Crippen molar-refractivity contribution in [2.45, 2.75) is 30.6 Å².